The van der Waals surface area contributed by atoms with Gasteiger partial charge in [0, 0.05) is 11.4 Å². The van der Waals surface area contributed by atoms with Crippen molar-refractivity contribution in [2.45, 2.75) is 19.4 Å². The first kappa shape index (κ1) is 17.2. The SMILES string of the molecule is COc1ccccc1C[C@@H](C)NC(=O)c1cc2ccccc2c(=O)s1. The number of carbonyl (C=O) groups is 1. The summed E-state index contributed by atoms with van der Waals surface area (Å²) in [7, 11) is 1.63. The van der Waals surface area contributed by atoms with E-state index in [1.807, 2.05) is 49.4 Å². The van der Waals surface area contributed by atoms with Crippen molar-refractivity contribution in [2.75, 3.05) is 7.11 Å². The van der Waals surface area contributed by atoms with Crippen molar-refractivity contribution in [1.29, 1.82) is 0 Å². The standard InChI is InChI=1S/C20H19NO3S/c1-13(11-15-8-4-6-10-17(15)24-2)21-19(22)18-12-14-7-3-5-9-16(14)20(23)25-18/h3-10,12-13H,11H2,1-2H3,(H,21,22)/t13-/m1/s1. The van der Waals surface area contributed by atoms with Crippen LogP contribution in [0.3, 0.4) is 0 Å². The van der Waals surface area contributed by atoms with E-state index in [4.69, 9.17) is 4.74 Å². The first-order valence-electron chi connectivity index (χ1n) is 8.04. The van der Waals surface area contributed by atoms with Crippen LogP contribution < -0.4 is 14.8 Å². The molecule has 1 N–H and O–H groups in total. The van der Waals surface area contributed by atoms with E-state index >= 15 is 0 Å². The third kappa shape index (κ3) is 3.88. The summed E-state index contributed by atoms with van der Waals surface area (Å²) in [4.78, 5) is 25.1. The number of methoxy groups -OCH3 is 1. The minimum absolute atomic E-state index is 0.0856. The Labute approximate surface area is 150 Å². The van der Waals surface area contributed by atoms with E-state index in [-0.39, 0.29) is 16.7 Å². The van der Waals surface area contributed by atoms with Crippen molar-refractivity contribution in [3.63, 3.8) is 0 Å². The van der Waals surface area contributed by atoms with Crippen molar-refractivity contribution < 1.29 is 9.53 Å². The van der Waals surface area contributed by atoms with Crippen LogP contribution in [-0.2, 0) is 6.42 Å². The second-order valence-corrected chi connectivity index (χ2v) is 6.89. The monoisotopic (exact) mass is 353 g/mol. The van der Waals surface area contributed by atoms with Gasteiger partial charge >= 0.3 is 0 Å². The first-order valence-corrected chi connectivity index (χ1v) is 8.86. The Bertz CT molecular complexity index is 964. The van der Waals surface area contributed by atoms with Gasteiger partial charge in [-0.3, -0.25) is 9.59 Å². The molecule has 3 rings (SSSR count). The maximum absolute atomic E-state index is 12.5. The summed E-state index contributed by atoms with van der Waals surface area (Å²) in [6.07, 6.45) is 0.651. The number of ether oxygens (including phenoxy) is 1. The topological polar surface area (TPSA) is 55.4 Å². The molecule has 25 heavy (non-hydrogen) atoms. The Morgan fingerprint density at radius 1 is 1.16 bits per heavy atom. The Hall–Kier alpha value is -2.66. The molecule has 2 aromatic carbocycles. The lowest BCUT2D eigenvalue weighted by molar-refractivity contribution is 0.0944. The molecular weight excluding hydrogens is 334 g/mol. The third-order valence-electron chi connectivity index (χ3n) is 3.99. The van der Waals surface area contributed by atoms with Gasteiger partial charge in [-0.15, -0.1) is 0 Å². The lowest BCUT2D eigenvalue weighted by atomic mass is 10.1. The van der Waals surface area contributed by atoms with E-state index in [1.165, 1.54) is 0 Å². The highest BCUT2D eigenvalue weighted by Gasteiger charge is 2.14. The van der Waals surface area contributed by atoms with Crippen LogP contribution in [0.5, 0.6) is 5.75 Å². The summed E-state index contributed by atoms with van der Waals surface area (Å²) in [5.41, 5.74) is 1.03. The number of amides is 1. The highest BCUT2D eigenvalue weighted by Crippen LogP contribution is 2.19. The molecule has 0 unspecified atom stereocenters. The van der Waals surface area contributed by atoms with Gasteiger partial charge in [-0.25, -0.2) is 0 Å². The van der Waals surface area contributed by atoms with Crippen LogP contribution in [-0.4, -0.2) is 19.1 Å². The second-order valence-electron chi connectivity index (χ2n) is 5.88. The number of nitrogens with one attached hydrogen (secondary N) is 1. The molecule has 3 aromatic rings. The smallest absolute Gasteiger partial charge is 0.261 e. The summed E-state index contributed by atoms with van der Waals surface area (Å²) in [6.45, 7) is 1.94. The van der Waals surface area contributed by atoms with Crippen molar-refractivity contribution in [3.8, 4) is 5.75 Å². The molecule has 0 spiro atoms. The average Bonchev–Trinajstić information content (AvgIpc) is 2.62. The van der Waals surface area contributed by atoms with Gasteiger partial charge in [0.1, 0.15) is 5.75 Å². The van der Waals surface area contributed by atoms with Crippen molar-refractivity contribution in [2.24, 2.45) is 0 Å². The molecule has 0 saturated heterocycles. The maximum atomic E-state index is 12.5. The quantitative estimate of drug-likeness (QED) is 0.762. The number of carbonyl (C=O) groups excluding carboxylic acids is 1. The third-order valence-corrected chi connectivity index (χ3v) is 4.92. The van der Waals surface area contributed by atoms with Gasteiger partial charge in [0.2, 0.25) is 4.74 Å². The molecular formula is C20H19NO3S. The Balaban J connectivity index is 1.77. The van der Waals surface area contributed by atoms with Crippen molar-refractivity contribution in [3.05, 3.63) is 74.6 Å². The number of para-hydroxylation sites is 1. The van der Waals surface area contributed by atoms with Gasteiger partial charge in [-0.2, -0.15) is 0 Å². The summed E-state index contributed by atoms with van der Waals surface area (Å²) in [5.74, 6) is 0.578. The molecule has 0 aliphatic rings. The molecule has 0 bridgehead atoms. The molecule has 5 heteroatoms. The fraction of sp³-hybridized carbons (Fsp3) is 0.200. The fourth-order valence-corrected chi connectivity index (χ4v) is 3.63. The lowest BCUT2D eigenvalue weighted by Crippen LogP contribution is -2.34. The van der Waals surface area contributed by atoms with E-state index < -0.39 is 0 Å². The predicted molar refractivity (Wildman–Crippen MR) is 102 cm³/mol. The van der Waals surface area contributed by atoms with Crippen LogP contribution >= 0.6 is 11.3 Å². The average molecular weight is 353 g/mol. The number of hydrogen-bond acceptors (Lipinski definition) is 4. The Morgan fingerprint density at radius 3 is 2.68 bits per heavy atom. The highest BCUT2D eigenvalue weighted by molar-refractivity contribution is 7.12. The molecule has 1 amide bonds. The van der Waals surface area contributed by atoms with Crippen LogP contribution in [0, 0.1) is 0 Å². The Kier molecular flexibility index (Phi) is 5.14. The van der Waals surface area contributed by atoms with E-state index in [2.05, 4.69) is 5.32 Å². The van der Waals surface area contributed by atoms with Gasteiger partial charge in [0.15, 0.2) is 0 Å². The number of hydrogen-bond donors (Lipinski definition) is 1. The molecule has 0 saturated carbocycles. The molecule has 0 aliphatic heterocycles. The number of benzene rings is 2. The maximum Gasteiger partial charge on any atom is 0.261 e. The zero-order chi connectivity index (χ0) is 17.8. The summed E-state index contributed by atoms with van der Waals surface area (Å²) in [6, 6.07) is 16.7. The normalized spacial score (nSPS) is 11.9. The molecule has 0 radical (unpaired) electrons. The minimum Gasteiger partial charge on any atom is -0.496 e. The zero-order valence-corrected chi connectivity index (χ0v) is 14.9. The zero-order valence-electron chi connectivity index (χ0n) is 14.1. The fourth-order valence-electron chi connectivity index (χ4n) is 2.79. The summed E-state index contributed by atoms with van der Waals surface area (Å²) in [5, 5.41) is 4.40. The summed E-state index contributed by atoms with van der Waals surface area (Å²) >= 11 is 0.979. The van der Waals surface area contributed by atoms with E-state index in [1.54, 1.807) is 19.2 Å². The molecule has 128 valence electrons. The number of rotatable bonds is 5. The van der Waals surface area contributed by atoms with Crippen LogP contribution in [0.25, 0.3) is 10.8 Å². The molecule has 4 nitrogen and oxygen atoms in total. The van der Waals surface area contributed by atoms with E-state index in [9.17, 15) is 9.59 Å². The molecule has 0 aliphatic carbocycles. The Morgan fingerprint density at radius 2 is 1.88 bits per heavy atom. The van der Waals surface area contributed by atoms with Gasteiger partial charge in [0.05, 0.1) is 12.0 Å². The van der Waals surface area contributed by atoms with Crippen molar-refractivity contribution in [1.82, 2.24) is 5.32 Å². The van der Waals surface area contributed by atoms with Crippen LogP contribution in [0.1, 0.15) is 22.2 Å². The van der Waals surface area contributed by atoms with Crippen molar-refractivity contribution >= 4 is 28.0 Å². The molecule has 1 heterocycles. The minimum atomic E-state index is -0.227. The van der Waals surface area contributed by atoms with Gasteiger partial charge in [-0.05, 0) is 42.5 Å². The van der Waals surface area contributed by atoms with E-state index in [0.29, 0.717) is 16.7 Å². The second kappa shape index (κ2) is 7.49. The van der Waals surface area contributed by atoms with Gasteiger partial charge < -0.3 is 10.1 Å². The van der Waals surface area contributed by atoms with E-state index in [0.717, 1.165) is 28.0 Å². The molecule has 1 aromatic heterocycles. The largest absolute Gasteiger partial charge is 0.496 e. The first-order chi connectivity index (χ1) is 12.1. The summed E-state index contributed by atoms with van der Waals surface area (Å²) < 4.78 is 5.25. The van der Waals surface area contributed by atoms with Crippen LogP contribution in [0.2, 0.25) is 0 Å². The lowest BCUT2D eigenvalue weighted by Gasteiger charge is -2.15. The van der Waals surface area contributed by atoms with Crippen LogP contribution in [0.15, 0.2) is 59.4 Å². The predicted octanol–water partition coefficient (Wildman–Crippen LogP) is 3.63. The number of fused-ring (bicyclic) bond motifs is 1. The van der Waals surface area contributed by atoms with Gasteiger partial charge in [0.25, 0.3) is 5.91 Å². The molecule has 0 fully saturated rings. The highest BCUT2D eigenvalue weighted by atomic mass is 32.1. The van der Waals surface area contributed by atoms with Crippen LogP contribution in [0.4, 0.5) is 0 Å². The van der Waals surface area contributed by atoms with Gasteiger partial charge in [-0.1, -0.05) is 47.7 Å². The molecule has 1 atom stereocenters.